The Morgan fingerprint density at radius 1 is 1.12 bits per heavy atom. The number of rotatable bonds is 9. The van der Waals surface area contributed by atoms with Gasteiger partial charge in [-0.2, -0.15) is 0 Å². The zero-order valence-electron chi connectivity index (χ0n) is 20.5. The van der Waals surface area contributed by atoms with Gasteiger partial charge in [-0.05, 0) is 60.1 Å². The highest BCUT2D eigenvalue weighted by molar-refractivity contribution is 5.97. The minimum atomic E-state index is -0.336. The van der Waals surface area contributed by atoms with E-state index in [1.165, 1.54) is 39.2 Å². The van der Waals surface area contributed by atoms with Gasteiger partial charge in [0.1, 0.15) is 6.10 Å². The molecule has 1 heterocycles. The highest BCUT2D eigenvalue weighted by Crippen LogP contribution is 2.33. The van der Waals surface area contributed by atoms with E-state index in [1.807, 2.05) is 54.3 Å². The van der Waals surface area contributed by atoms with Crippen molar-refractivity contribution >= 4 is 5.97 Å². The summed E-state index contributed by atoms with van der Waals surface area (Å²) in [4.78, 5) is 12.5. The topological polar surface area (TPSA) is 66.2 Å². The molecule has 0 saturated heterocycles. The van der Waals surface area contributed by atoms with Crippen molar-refractivity contribution < 1.29 is 14.3 Å². The van der Waals surface area contributed by atoms with Crippen molar-refractivity contribution in [3.8, 4) is 11.1 Å². The predicted molar refractivity (Wildman–Crippen MR) is 132 cm³/mol. The third kappa shape index (κ3) is 5.73. The number of benzene rings is 2. The highest BCUT2D eigenvalue weighted by atomic mass is 16.5. The molecule has 34 heavy (non-hydrogen) atoms. The Balaban J connectivity index is 1.54. The molecule has 1 atom stereocenters. The quantitative estimate of drug-likeness (QED) is 0.355. The van der Waals surface area contributed by atoms with Crippen molar-refractivity contribution in [2.75, 3.05) is 7.11 Å². The van der Waals surface area contributed by atoms with Gasteiger partial charge >= 0.3 is 5.97 Å². The lowest BCUT2D eigenvalue weighted by atomic mass is 9.85. The van der Waals surface area contributed by atoms with Gasteiger partial charge in [-0.25, -0.2) is 9.48 Å². The van der Waals surface area contributed by atoms with E-state index in [0.29, 0.717) is 12.2 Å². The second kappa shape index (κ2) is 11.4. The van der Waals surface area contributed by atoms with E-state index in [4.69, 9.17) is 9.47 Å². The van der Waals surface area contributed by atoms with Crippen LogP contribution in [0.2, 0.25) is 0 Å². The molecule has 1 saturated carbocycles. The van der Waals surface area contributed by atoms with Crippen molar-refractivity contribution in [3.05, 3.63) is 71.0 Å². The molecule has 1 unspecified atom stereocenters. The van der Waals surface area contributed by atoms with E-state index >= 15 is 0 Å². The molecule has 1 aliphatic carbocycles. The van der Waals surface area contributed by atoms with Crippen LogP contribution in [0.15, 0.2) is 48.7 Å². The molecule has 0 spiro atoms. The van der Waals surface area contributed by atoms with Gasteiger partial charge < -0.3 is 9.47 Å². The van der Waals surface area contributed by atoms with Crippen molar-refractivity contribution in [2.24, 2.45) is 13.0 Å². The molecule has 6 nitrogen and oxygen atoms in total. The second-order valence-corrected chi connectivity index (χ2v) is 9.35. The summed E-state index contributed by atoms with van der Waals surface area (Å²) in [6, 6.07) is 13.9. The third-order valence-corrected chi connectivity index (χ3v) is 7.02. The van der Waals surface area contributed by atoms with Crippen LogP contribution in [0.4, 0.5) is 0 Å². The maximum absolute atomic E-state index is 12.5. The van der Waals surface area contributed by atoms with E-state index in [-0.39, 0.29) is 12.1 Å². The van der Waals surface area contributed by atoms with Crippen LogP contribution >= 0.6 is 0 Å². The summed E-state index contributed by atoms with van der Waals surface area (Å²) in [6.45, 7) is 2.50. The zero-order valence-corrected chi connectivity index (χ0v) is 20.5. The number of methoxy groups -OCH3 is 1. The van der Waals surface area contributed by atoms with Crippen molar-refractivity contribution in [3.63, 3.8) is 0 Å². The number of aryl methyl sites for hydroxylation is 2. The molecule has 1 fully saturated rings. The van der Waals surface area contributed by atoms with Crippen LogP contribution < -0.4 is 0 Å². The van der Waals surface area contributed by atoms with Gasteiger partial charge in [0.25, 0.3) is 0 Å². The predicted octanol–water partition coefficient (Wildman–Crippen LogP) is 6.20. The summed E-state index contributed by atoms with van der Waals surface area (Å²) in [5.41, 5.74) is 5.58. The number of carbonyl (C=O) groups is 1. The highest BCUT2D eigenvalue weighted by Gasteiger charge is 2.21. The lowest BCUT2D eigenvalue weighted by molar-refractivity contribution is 0.0233. The molecule has 180 valence electrons. The zero-order chi connectivity index (χ0) is 23.9. The summed E-state index contributed by atoms with van der Waals surface area (Å²) in [5, 5.41) is 8.20. The number of carbonyl (C=O) groups excluding carboxylic acids is 1. The Kier molecular flexibility index (Phi) is 8.12. The summed E-state index contributed by atoms with van der Waals surface area (Å²) in [6.07, 6.45) is 10.6. The number of esters is 1. The Hall–Kier alpha value is -2.99. The van der Waals surface area contributed by atoms with Crippen LogP contribution in [0.5, 0.6) is 0 Å². The van der Waals surface area contributed by atoms with Crippen molar-refractivity contribution in [1.82, 2.24) is 15.0 Å². The van der Waals surface area contributed by atoms with Crippen molar-refractivity contribution in [1.29, 1.82) is 0 Å². The molecule has 2 aromatic carbocycles. The minimum absolute atomic E-state index is 0.0656. The maximum atomic E-state index is 12.5. The van der Waals surface area contributed by atoms with E-state index in [9.17, 15) is 4.79 Å². The standard InChI is InChI=1S/C28H35N3O3/c1-20-9-7-8-12-23(20)25-17-22(13-15-24(25)28(32)33-3)19-34-27(26-18-29-30-31(26)2)16-14-21-10-5-4-6-11-21/h7-9,12-13,15,17-18,21,27H,4-6,10-11,14,16,19H2,1-3H3. The van der Waals surface area contributed by atoms with Gasteiger partial charge in [0, 0.05) is 7.05 Å². The Morgan fingerprint density at radius 2 is 1.91 bits per heavy atom. The first-order valence-electron chi connectivity index (χ1n) is 12.3. The fourth-order valence-corrected chi connectivity index (χ4v) is 5.03. The van der Waals surface area contributed by atoms with Crippen LogP contribution in [0.3, 0.4) is 0 Å². The average molecular weight is 462 g/mol. The Morgan fingerprint density at radius 3 is 2.62 bits per heavy atom. The molecule has 0 N–H and O–H groups in total. The molecule has 0 bridgehead atoms. The number of ether oxygens (including phenoxy) is 2. The number of hydrogen-bond acceptors (Lipinski definition) is 5. The molecule has 6 heteroatoms. The smallest absolute Gasteiger partial charge is 0.338 e. The summed E-state index contributed by atoms with van der Waals surface area (Å²) in [5.74, 6) is 0.449. The molecule has 1 aromatic heterocycles. The molecule has 0 aliphatic heterocycles. The van der Waals surface area contributed by atoms with Gasteiger partial charge in [0.15, 0.2) is 0 Å². The second-order valence-electron chi connectivity index (χ2n) is 9.35. The molecule has 1 aliphatic rings. The first kappa shape index (κ1) is 24.1. The molecule has 4 rings (SSSR count). The lowest BCUT2D eigenvalue weighted by Crippen LogP contribution is -2.13. The van der Waals surface area contributed by atoms with E-state index in [2.05, 4.69) is 23.3 Å². The normalized spacial score (nSPS) is 15.3. The van der Waals surface area contributed by atoms with Gasteiger partial charge in [-0.3, -0.25) is 0 Å². The fourth-order valence-electron chi connectivity index (χ4n) is 5.03. The van der Waals surface area contributed by atoms with E-state index in [0.717, 1.165) is 46.7 Å². The molecular formula is C28H35N3O3. The Labute approximate surface area is 202 Å². The molecule has 0 radical (unpaired) electrons. The van der Waals surface area contributed by atoms with Crippen LogP contribution in [0.25, 0.3) is 11.1 Å². The van der Waals surface area contributed by atoms with Crippen LogP contribution in [0, 0.1) is 12.8 Å². The number of hydrogen-bond donors (Lipinski definition) is 0. The first-order valence-corrected chi connectivity index (χ1v) is 12.3. The minimum Gasteiger partial charge on any atom is -0.465 e. The maximum Gasteiger partial charge on any atom is 0.338 e. The van der Waals surface area contributed by atoms with Crippen LogP contribution in [-0.2, 0) is 23.1 Å². The van der Waals surface area contributed by atoms with Gasteiger partial charge in [-0.1, -0.05) is 67.6 Å². The van der Waals surface area contributed by atoms with Gasteiger partial charge in [-0.15, -0.1) is 5.10 Å². The third-order valence-electron chi connectivity index (χ3n) is 7.02. The summed E-state index contributed by atoms with van der Waals surface area (Å²) < 4.78 is 13.3. The fraction of sp³-hybridized carbons (Fsp3) is 0.464. The van der Waals surface area contributed by atoms with Gasteiger partial charge in [0.2, 0.25) is 0 Å². The van der Waals surface area contributed by atoms with Crippen molar-refractivity contribution in [2.45, 2.75) is 64.6 Å². The Bertz CT molecular complexity index is 1100. The lowest BCUT2D eigenvalue weighted by Gasteiger charge is -2.24. The molecule has 3 aromatic rings. The molecule has 0 amide bonds. The van der Waals surface area contributed by atoms with Gasteiger partial charge in [0.05, 0.1) is 31.2 Å². The first-order chi connectivity index (χ1) is 16.6. The monoisotopic (exact) mass is 461 g/mol. The summed E-state index contributed by atoms with van der Waals surface area (Å²) >= 11 is 0. The van der Waals surface area contributed by atoms with Crippen LogP contribution in [0.1, 0.15) is 78.2 Å². The average Bonchev–Trinajstić information content (AvgIpc) is 3.30. The SMILES string of the molecule is COC(=O)c1ccc(COC(CCC2CCCCC2)c2cnnn2C)cc1-c1ccccc1C. The molecular weight excluding hydrogens is 426 g/mol. The number of nitrogens with zero attached hydrogens (tertiary/aromatic N) is 3. The van der Waals surface area contributed by atoms with Crippen LogP contribution in [-0.4, -0.2) is 28.1 Å². The van der Waals surface area contributed by atoms with E-state index < -0.39 is 0 Å². The largest absolute Gasteiger partial charge is 0.465 e. The summed E-state index contributed by atoms with van der Waals surface area (Å²) in [7, 11) is 3.33. The van der Waals surface area contributed by atoms with E-state index in [1.54, 1.807) is 0 Å². The number of aromatic nitrogens is 3.